The maximum Gasteiger partial charge on any atom is 0.311 e. The van der Waals surface area contributed by atoms with Crippen molar-refractivity contribution in [3.8, 4) is 0 Å². The molecule has 104 valence electrons. The minimum Gasteiger partial charge on any atom is -0.464 e. The first kappa shape index (κ1) is 14.1. The number of carbonyl (C=O) groups excluding carboxylic acids is 1. The summed E-state index contributed by atoms with van der Waals surface area (Å²) in [6.07, 6.45) is 6.80. The van der Waals surface area contributed by atoms with Crippen LogP contribution in [0.1, 0.15) is 45.4 Å². The highest BCUT2D eigenvalue weighted by Gasteiger charge is 2.45. The van der Waals surface area contributed by atoms with Crippen molar-refractivity contribution in [2.45, 2.75) is 45.4 Å². The van der Waals surface area contributed by atoms with E-state index in [1.807, 2.05) is 0 Å². The molecule has 1 saturated heterocycles. The molecule has 1 N–H and O–H groups in total. The van der Waals surface area contributed by atoms with Crippen LogP contribution in [0.25, 0.3) is 0 Å². The van der Waals surface area contributed by atoms with Gasteiger partial charge in [0.15, 0.2) is 0 Å². The number of esters is 1. The van der Waals surface area contributed by atoms with Gasteiger partial charge in [0.2, 0.25) is 0 Å². The van der Waals surface area contributed by atoms with Crippen molar-refractivity contribution in [2.24, 2.45) is 10.8 Å². The molecule has 0 aromatic rings. The van der Waals surface area contributed by atoms with E-state index in [1.165, 1.54) is 25.7 Å². The Kier molecular flexibility index (Phi) is 4.54. The number of rotatable bonds is 3. The molecule has 18 heavy (non-hydrogen) atoms. The van der Waals surface area contributed by atoms with Crippen molar-refractivity contribution >= 4 is 17.6 Å². The first-order valence-corrected chi connectivity index (χ1v) is 7.58. The van der Waals surface area contributed by atoms with E-state index in [4.69, 9.17) is 16.3 Å². The predicted octanol–water partition coefficient (Wildman–Crippen LogP) is 2.72. The minimum absolute atomic E-state index is 0.0491. The molecule has 1 spiro atoms. The van der Waals surface area contributed by atoms with Crippen LogP contribution in [0.4, 0.5) is 0 Å². The first-order valence-electron chi connectivity index (χ1n) is 7.04. The Morgan fingerprint density at radius 1 is 1.17 bits per heavy atom. The third-order valence-corrected chi connectivity index (χ3v) is 5.04. The Balaban J connectivity index is 1.89. The fraction of sp³-hybridized carbons (Fsp3) is 0.929. The molecule has 0 radical (unpaired) electrons. The standard InChI is InChI=1S/C14H24ClNO2/c1-13(12(17)18-11-8-15)2-4-14(5-3-13)6-9-16-10-7-14/h16H,2-11H2,1H3. The van der Waals surface area contributed by atoms with Crippen LogP contribution in [0.15, 0.2) is 0 Å². The largest absolute Gasteiger partial charge is 0.464 e. The van der Waals surface area contributed by atoms with Gasteiger partial charge in [-0.3, -0.25) is 4.79 Å². The van der Waals surface area contributed by atoms with Crippen molar-refractivity contribution in [1.82, 2.24) is 5.32 Å². The normalized spacial score (nSPS) is 25.9. The van der Waals surface area contributed by atoms with Gasteiger partial charge in [-0.2, -0.15) is 0 Å². The number of ether oxygens (including phenoxy) is 1. The fourth-order valence-electron chi connectivity index (χ4n) is 3.30. The average Bonchev–Trinajstić information content (AvgIpc) is 2.41. The molecule has 2 rings (SSSR count). The summed E-state index contributed by atoms with van der Waals surface area (Å²) in [7, 11) is 0. The third-order valence-electron chi connectivity index (χ3n) is 4.88. The van der Waals surface area contributed by atoms with Crippen LogP contribution in [0.5, 0.6) is 0 Å². The molecule has 0 atom stereocenters. The van der Waals surface area contributed by atoms with E-state index in [9.17, 15) is 4.79 Å². The van der Waals surface area contributed by atoms with E-state index in [0.29, 0.717) is 17.9 Å². The first-order chi connectivity index (χ1) is 8.60. The SMILES string of the molecule is CC1(C(=O)OCCCl)CCC2(CCNCC2)CC1. The van der Waals surface area contributed by atoms with Crippen LogP contribution in [0.2, 0.25) is 0 Å². The molecule has 0 unspecified atom stereocenters. The summed E-state index contributed by atoms with van der Waals surface area (Å²) in [6, 6.07) is 0. The molecule has 2 fully saturated rings. The molecule has 0 aromatic carbocycles. The number of alkyl halides is 1. The second kappa shape index (κ2) is 5.79. The number of nitrogens with one attached hydrogen (secondary N) is 1. The lowest BCUT2D eigenvalue weighted by Crippen LogP contribution is -2.43. The van der Waals surface area contributed by atoms with Gasteiger partial charge in [-0.05, 0) is 64.0 Å². The summed E-state index contributed by atoms with van der Waals surface area (Å²) in [5.41, 5.74) is 0.222. The molecule has 4 heteroatoms. The number of hydrogen-bond donors (Lipinski definition) is 1. The number of carbonyl (C=O) groups is 1. The van der Waals surface area contributed by atoms with Crippen molar-refractivity contribution < 1.29 is 9.53 Å². The van der Waals surface area contributed by atoms with Gasteiger partial charge < -0.3 is 10.1 Å². The maximum atomic E-state index is 12.1. The van der Waals surface area contributed by atoms with E-state index in [-0.39, 0.29) is 11.4 Å². The van der Waals surface area contributed by atoms with E-state index in [1.54, 1.807) is 0 Å². The lowest BCUT2D eigenvalue weighted by molar-refractivity contribution is -0.158. The van der Waals surface area contributed by atoms with Gasteiger partial charge in [0.25, 0.3) is 0 Å². The number of halogens is 1. The molecule has 1 heterocycles. The van der Waals surface area contributed by atoms with E-state index >= 15 is 0 Å². The third kappa shape index (κ3) is 3.00. The van der Waals surface area contributed by atoms with Crippen LogP contribution in [-0.2, 0) is 9.53 Å². The van der Waals surface area contributed by atoms with Crippen molar-refractivity contribution in [2.75, 3.05) is 25.6 Å². The second-order valence-electron chi connectivity index (χ2n) is 6.14. The highest BCUT2D eigenvalue weighted by Crippen LogP contribution is 2.50. The Hall–Kier alpha value is -0.280. The molecule has 3 nitrogen and oxygen atoms in total. The zero-order valence-corrected chi connectivity index (χ0v) is 12.0. The van der Waals surface area contributed by atoms with Gasteiger partial charge in [0, 0.05) is 0 Å². The number of hydrogen-bond acceptors (Lipinski definition) is 3. The smallest absolute Gasteiger partial charge is 0.311 e. The zero-order valence-electron chi connectivity index (χ0n) is 11.3. The molecule has 1 aliphatic heterocycles. The summed E-state index contributed by atoms with van der Waals surface area (Å²) in [5, 5.41) is 3.42. The molecule has 0 bridgehead atoms. The van der Waals surface area contributed by atoms with Gasteiger partial charge >= 0.3 is 5.97 Å². The van der Waals surface area contributed by atoms with Crippen molar-refractivity contribution in [1.29, 1.82) is 0 Å². The van der Waals surface area contributed by atoms with Crippen LogP contribution in [0.3, 0.4) is 0 Å². The molecule has 1 saturated carbocycles. The highest BCUT2D eigenvalue weighted by atomic mass is 35.5. The van der Waals surface area contributed by atoms with Gasteiger partial charge in [-0.25, -0.2) is 0 Å². The Morgan fingerprint density at radius 3 is 2.33 bits per heavy atom. The minimum atomic E-state index is -0.276. The molecular formula is C14H24ClNO2. The summed E-state index contributed by atoms with van der Waals surface area (Å²) >= 11 is 5.56. The second-order valence-corrected chi connectivity index (χ2v) is 6.51. The van der Waals surface area contributed by atoms with E-state index in [2.05, 4.69) is 12.2 Å². The summed E-state index contributed by atoms with van der Waals surface area (Å²) in [4.78, 5) is 12.1. The van der Waals surface area contributed by atoms with Crippen molar-refractivity contribution in [3.63, 3.8) is 0 Å². The summed E-state index contributed by atoms with van der Waals surface area (Å²) in [5.74, 6) is 0.337. The Labute approximate surface area is 115 Å². The monoisotopic (exact) mass is 273 g/mol. The Bertz CT molecular complexity index is 290. The maximum absolute atomic E-state index is 12.1. The molecule has 1 aliphatic carbocycles. The van der Waals surface area contributed by atoms with Crippen LogP contribution in [-0.4, -0.2) is 31.5 Å². The average molecular weight is 274 g/mol. The molecule has 2 aliphatic rings. The summed E-state index contributed by atoms with van der Waals surface area (Å²) < 4.78 is 5.23. The van der Waals surface area contributed by atoms with Gasteiger partial charge in [0.05, 0.1) is 11.3 Å². The van der Waals surface area contributed by atoms with Crippen LogP contribution in [0, 0.1) is 10.8 Å². The topological polar surface area (TPSA) is 38.3 Å². The molecule has 0 amide bonds. The zero-order chi connectivity index (χ0) is 13.1. The van der Waals surface area contributed by atoms with Crippen LogP contribution >= 0.6 is 11.6 Å². The molecular weight excluding hydrogens is 250 g/mol. The lowest BCUT2D eigenvalue weighted by Gasteiger charge is -2.46. The lowest BCUT2D eigenvalue weighted by atomic mass is 9.61. The van der Waals surface area contributed by atoms with Gasteiger partial charge in [-0.1, -0.05) is 0 Å². The Morgan fingerprint density at radius 2 is 1.78 bits per heavy atom. The fourth-order valence-corrected chi connectivity index (χ4v) is 3.38. The predicted molar refractivity (Wildman–Crippen MR) is 72.8 cm³/mol. The van der Waals surface area contributed by atoms with Crippen molar-refractivity contribution in [3.05, 3.63) is 0 Å². The highest BCUT2D eigenvalue weighted by molar-refractivity contribution is 6.18. The van der Waals surface area contributed by atoms with Gasteiger partial charge in [0.1, 0.15) is 6.61 Å². The quantitative estimate of drug-likeness (QED) is 0.635. The van der Waals surface area contributed by atoms with Crippen LogP contribution < -0.4 is 5.32 Å². The number of piperidine rings is 1. The van der Waals surface area contributed by atoms with Gasteiger partial charge in [-0.15, -0.1) is 11.6 Å². The molecule has 0 aromatic heterocycles. The van der Waals surface area contributed by atoms with E-state index < -0.39 is 0 Å². The van der Waals surface area contributed by atoms with E-state index in [0.717, 1.165) is 25.9 Å². The summed E-state index contributed by atoms with van der Waals surface area (Å²) in [6.45, 7) is 4.66.